The molecule has 0 spiro atoms. The SMILES string of the molecule is CC(C)OC(CC#N)=NC#N. The van der Waals surface area contributed by atoms with E-state index in [0.717, 1.165) is 0 Å². The lowest BCUT2D eigenvalue weighted by atomic mass is 10.4. The van der Waals surface area contributed by atoms with Gasteiger partial charge >= 0.3 is 0 Å². The number of nitriles is 2. The standard InChI is InChI=1S/C7H9N3O/c1-6(2)11-7(3-4-8)10-5-9/h6H,3H2,1-2H3. The number of ether oxygens (including phenoxy) is 1. The number of hydrogen-bond acceptors (Lipinski definition) is 4. The zero-order valence-corrected chi connectivity index (χ0v) is 6.53. The fourth-order valence-electron chi connectivity index (χ4n) is 0.503. The minimum Gasteiger partial charge on any atom is -0.477 e. The van der Waals surface area contributed by atoms with Gasteiger partial charge in [0.05, 0.1) is 12.2 Å². The molecule has 0 aromatic rings. The number of rotatable bonds is 2. The molecule has 0 saturated carbocycles. The normalized spacial score (nSPS) is 10.5. The first kappa shape index (κ1) is 9.45. The summed E-state index contributed by atoms with van der Waals surface area (Å²) in [6.07, 6.45) is 1.57. The van der Waals surface area contributed by atoms with Gasteiger partial charge in [-0.15, -0.1) is 4.99 Å². The van der Waals surface area contributed by atoms with Gasteiger partial charge in [0.25, 0.3) is 0 Å². The smallest absolute Gasteiger partial charge is 0.213 e. The van der Waals surface area contributed by atoms with Crippen LogP contribution in [-0.4, -0.2) is 12.0 Å². The van der Waals surface area contributed by atoms with Crippen LogP contribution in [0.5, 0.6) is 0 Å². The first-order valence-corrected chi connectivity index (χ1v) is 3.20. The van der Waals surface area contributed by atoms with Crippen LogP contribution in [0.15, 0.2) is 4.99 Å². The molecule has 0 radical (unpaired) electrons. The minimum atomic E-state index is -0.0459. The van der Waals surface area contributed by atoms with Crippen molar-refractivity contribution in [3.63, 3.8) is 0 Å². The Morgan fingerprint density at radius 1 is 1.55 bits per heavy atom. The lowest BCUT2D eigenvalue weighted by Crippen LogP contribution is -2.10. The van der Waals surface area contributed by atoms with Crippen molar-refractivity contribution < 1.29 is 4.74 Å². The predicted molar refractivity (Wildman–Crippen MR) is 39.5 cm³/mol. The van der Waals surface area contributed by atoms with E-state index >= 15 is 0 Å². The van der Waals surface area contributed by atoms with Crippen LogP contribution in [-0.2, 0) is 4.74 Å². The highest BCUT2D eigenvalue weighted by Gasteiger charge is 2.01. The summed E-state index contributed by atoms with van der Waals surface area (Å²) in [5.74, 6) is 0.185. The second-order valence-electron chi connectivity index (χ2n) is 2.11. The van der Waals surface area contributed by atoms with Crippen molar-refractivity contribution in [3.8, 4) is 12.3 Å². The summed E-state index contributed by atoms with van der Waals surface area (Å²) < 4.78 is 5.04. The Kier molecular flexibility index (Phi) is 4.51. The number of nitrogens with zero attached hydrogens (tertiary/aromatic N) is 3. The molecule has 0 aliphatic carbocycles. The van der Waals surface area contributed by atoms with Crippen molar-refractivity contribution in [2.24, 2.45) is 4.99 Å². The van der Waals surface area contributed by atoms with Crippen molar-refractivity contribution in [1.82, 2.24) is 0 Å². The third kappa shape index (κ3) is 4.92. The van der Waals surface area contributed by atoms with Crippen LogP contribution in [0.3, 0.4) is 0 Å². The molecule has 0 N–H and O–H groups in total. The van der Waals surface area contributed by atoms with Crippen LogP contribution in [0, 0.1) is 22.8 Å². The second-order valence-corrected chi connectivity index (χ2v) is 2.11. The topological polar surface area (TPSA) is 69.2 Å². The van der Waals surface area contributed by atoms with Crippen molar-refractivity contribution in [1.29, 1.82) is 10.5 Å². The van der Waals surface area contributed by atoms with E-state index in [4.69, 9.17) is 15.3 Å². The second kappa shape index (κ2) is 5.25. The lowest BCUT2D eigenvalue weighted by Gasteiger charge is -2.07. The molecule has 0 amide bonds. The molecule has 0 atom stereocenters. The molecule has 0 aromatic carbocycles. The van der Waals surface area contributed by atoms with Crippen LogP contribution in [0.1, 0.15) is 20.3 Å². The Hall–Kier alpha value is -1.55. The van der Waals surface area contributed by atoms with Gasteiger partial charge in [-0.1, -0.05) is 0 Å². The third-order valence-electron chi connectivity index (χ3n) is 0.777. The van der Waals surface area contributed by atoms with Crippen LogP contribution in [0.2, 0.25) is 0 Å². The molecular formula is C7H9N3O. The molecule has 58 valence electrons. The van der Waals surface area contributed by atoms with E-state index in [2.05, 4.69) is 4.99 Å². The Morgan fingerprint density at radius 3 is 2.55 bits per heavy atom. The van der Waals surface area contributed by atoms with Gasteiger partial charge < -0.3 is 4.74 Å². The van der Waals surface area contributed by atoms with E-state index < -0.39 is 0 Å². The van der Waals surface area contributed by atoms with E-state index in [1.807, 2.05) is 19.9 Å². The summed E-state index contributed by atoms with van der Waals surface area (Å²) in [5, 5.41) is 16.4. The maximum atomic E-state index is 8.26. The van der Waals surface area contributed by atoms with Crippen LogP contribution in [0.4, 0.5) is 0 Å². The summed E-state index contributed by atoms with van der Waals surface area (Å²) in [6, 6.07) is 1.85. The summed E-state index contributed by atoms with van der Waals surface area (Å²) >= 11 is 0. The molecule has 0 bridgehead atoms. The fourth-order valence-corrected chi connectivity index (χ4v) is 0.503. The Labute approximate surface area is 65.7 Å². The predicted octanol–water partition coefficient (Wildman–Crippen LogP) is 1.20. The van der Waals surface area contributed by atoms with Crippen LogP contribution < -0.4 is 0 Å². The van der Waals surface area contributed by atoms with Gasteiger partial charge in [-0.2, -0.15) is 10.5 Å². The summed E-state index contributed by atoms with van der Waals surface area (Å²) in [6.45, 7) is 3.62. The van der Waals surface area contributed by atoms with Gasteiger partial charge in [0, 0.05) is 0 Å². The Bertz CT molecular complexity index is 219. The number of hydrogen-bond donors (Lipinski definition) is 0. The van der Waals surface area contributed by atoms with Gasteiger partial charge in [-0.3, -0.25) is 0 Å². The van der Waals surface area contributed by atoms with Crippen molar-refractivity contribution in [2.45, 2.75) is 26.4 Å². The first-order valence-electron chi connectivity index (χ1n) is 3.20. The van der Waals surface area contributed by atoms with Crippen LogP contribution >= 0.6 is 0 Å². The zero-order valence-electron chi connectivity index (χ0n) is 6.53. The fraction of sp³-hybridized carbons (Fsp3) is 0.571. The van der Waals surface area contributed by atoms with E-state index in [9.17, 15) is 0 Å². The maximum Gasteiger partial charge on any atom is 0.213 e. The van der Waals surface area contributed by atoms with E-state index in [1.54, 1.807) is 6.19 Å². The molecule has 4 nitrogen and oxygen atoms in total. The molecule has 0 aliphatic heterocycles. The molecule has 11 heavy (non-hydrogen) atoms. The summed E-state index contributed by atoms with van der Waals surface area (Å²) in [5.41, 5.74) is 0. The molecule has 0 rings (SSSR count). The summed E-state index contributed by atoms with van der Waals surface area (Å²) in [4.78, 5) is 3.33. The highest BCUT2D eigenvalue weighted by Crippen LogP contribution is 1.94. The lowest BCUT2D eigenvalue weighted by molar-refractivity contribution is 0.224. The highest BCUT2D eigenvalue weighted by atomic mass is 16.5. The first-order chi connectivity index (χ1) is 5.20. The highest BCUT2D eigenvalue weighted by molar-refractivity contribution is 5.79. The maximum absolute atomic E-state index is 8.26. The van der Waals surface area contributed by atoms with Crippen molar-refractivity contribution in [2.75, 3.05) is 0 Å². The Morgan fingerprint density at radius 2 is 2.18 bits per heavy atom. The molecule has 0 heterocycles. The van der Waals surface area contributed by atoms with Gasteiger partial charge in [0.2, 0.25) is 12.1 Å². The van der Waals surface area contributed by atoms with Gasteiger partial charge in [0.15, 0.2) is 0 Å². The molecule has 4 heteroatoms. The average molecular weight is 151 g/mol. The van der Waals surface area contributed by atoms with E-state index in [0.29, 0.717) is 0 Å². The molecular weight excluding hydrogens is 142 g/mol. The average Bonchev–Trinajstić information content (AvgIpc) is 1.87. The van der Waals surface area contributed by atoms with Gasteiger partial charge in [0.1, 0.15) is 6.42 Å². The van der Waals surface area contributed by atoms with E-state index in [-0.39, 0.29) is 18.4 Å². The molecule has 0 fully saturated rings. The zero-order chi connectivity index (χ0) is 8.69. The number of aliphatic imine (C=N–C) groups is 1. The largest absolute Gasteiger partial charge is 0.477 e. The molecule has 0 aliphatic rings. The van der Waals surface area contributed by atoms with E-state index in [1.165, 1.54) is 0 Å². The molecule has 0 saturated heterocycles. The third-order valence-corrected chi connectivity index (χ3v) is 0.777. The Balaban J connectivity index is 4.05. The minimum absolute atomic E-state index is 0.0459. The quantitative estimate of drug-likeness (QED) is 0.338. The van der Waals surface area contributed by atoms with Crippen molar-refractivity contribution >= 4 is 5.90 Å². The monoisotopic (exact) mass is 151 g/mol. The van der Waals surface area contributed by atoms with Gasteiger partial charge in [-0.25, -0.2) is 0 Å². The molecule has 0 unspecified atom stereocenters. The van der Waals surface area contributed by atoms with Gasteiger partial charge in [-0.05, 0) is 13.8 Å². The summed E-state index contributed by atoms with van der Waals surface area (Å²) in [7, 11) is 0. The van der Waals surface area contributed by atoms with Crippen LogP contribution in [0.25, 0.3) is 0 Å². The molecule has 0 aromatic heterocycles. The van der Waals surface area contributed by atoms with Crippen molar-refractivity contribution in [3.05, 3.63) is 0 Å².